The molecule has 2 rings (SSSR count). The summed E-state index contributed by atoms with van der Waals surface area (Å²) >= 11 is 3.07. The fourth-order valence-corrected chi connectivity index (χ4v) is 2.23. The van der Waals surface area contributed by atoms with Crippen LogP contribution in [0.3, 0.4) is 0 Å². The Morgan fingerprint density at radius 1 is 1.59 bits per heavy atom. The molecule has 1 atom stereocenters. The first-order chi connectivity index (χ1) is 8.18. The Labute approximate surface area is 107 Å². The van der Waals surface area contributed by atoms with Gasteiger partial charge in [-0.15, -0.1) is 0 Å². The molecule has 92 valence electrons. The minimum atomic E-state index is -0.435. The van der Waals surface area contributed by atoms with Crippen LogP contribution in [-0.2, 0) is 4.74 Å². The van der Waals surface area contributed by atoms with Gasteiger partial charge in [-0.3, -0.25) is 4.79 Å². The van der Waals surface area contributed by atoms with E-state index in [2.05, 4.69) is 21.2 Å². The molecule has 0 saturated carbocycles. The van der Waals surface area contributed by atoms with Crippen molar-refractivity contribution in [2.45, 2.75) is 18.9 Å². The zero-order chi connectivity index (χ0) is 12.3. The van der Waals surface area contributed by atoms with Crippen LogP contribution >= 0.6 is 15.9 Å². The number of rotatable bonds is 3. The van der Waals surface area contributed by atoms with Gasteiger partial charge in [-0.2, -0.15) is 0 Å². The Kier molecular flexibility index (Phi) is 4.12. The summed E-state index contributed by atoms with van der Waals surface area (Å²) in [4.78, 5) is 11.8. The number of hydrogen-bond acceptors (Lipinski definition) is 2. The van der Waals surface area contributed by atoms with E-state index in [1.807, 2.05) is 0 Å². The van der Waals surface area contributed by atoms with E-state index in [1.165, 1.54) is 12.1 Å². The number of carbonyl (C=O) groups excluding carboxylic acids is 1. The van der Waals surface area contributed by atoms with Crippen LogP contribution in [0, 0.1) is 5.82 Å². The lowest BCUT2D eigenvalue weighted by molar-refractivity contribution is 0.0856. The number of nitrogens with one attached hydrogen (secondary N) is 1. The summed E-state index contributed by atoms with van der Waals surface area (Å²) in [7, 11) is 0. The van der Waals surface area contributed by atoms with Gasteiger partial charge in [0.25, 0.3) is 5.91 Å². The molecule has 0 aliphatic carbocycles. The first-order valence-electron chi connectivity index (χ1n) is 5.52. The molecule has 1 saturated heterocycles. The lowest BCUT2D eigenvalue weighted by Gasteiger charge is -2.11. The third-order valence-electron chi connectivity index (χ3n) is 2.71. The maximum absolute atomic E-state index is 13.2. The van der Waals surface area contributed by atoms with Crippen molar-refractivity contribution in [1.82, 2.24) is 5.32 Å². The smallest absolute Gasteiger partial charge is 0.252 e. The second-order valence-corrected chi connectivity index (χ2v) is 4.74. The number of halogens is 2. The van der Waals surface area contributed by atoms with Crippen LogP contribution in [0.15, 0.2) is 22.7 Å². The summed E-state index contributed by atoms with van der Waals surface area (Å²) in [6.45, 7) is 1.23. The van der Waals surface area contributed by atoms with Crippen molar-refractivity contribution >= 4 is 21.8 Å². The second kappa shape index (κ2) is 5.60. The van der Waals surface area contributed by atoms with E-state index in [0.717, 1.165) is 19.4 Å². The van der Waals surface area contributed by atoms with Gasteiger partial charge in [0.1, 0.15) is 5.82 Å². The highest BCUT2D eigenvalue weighted by molar-refractivity contribution is 9.10. The molecule has 1 N–H and O–H groups in total. The fraction of sp³-hybridized carbons (Fsp3) is 0.417. The van der Waals surface area contributed by atoms with E-state index in [0.29, 0.717) is 12.1 Å². The van der Waals surface area contributed by atoms with Crippen molar-refractivity contribution in [1.29, 1.82) is 0 Å². The van der Waals surface area contributed by atoms with E-state index >= 15 is 0 Å². The Morgan fingerprint density at radius 2 is 2.41 bits per heavy atom. The van der Waals surface area contributed by atoms with Gasteiger partial charge in [-0.25, -0.2) is 4.39 Å². The molecule has 5 heteroatoms. The Bertz CT molecular complexity index is 419. The monoisotopic (exact) mass is 301 g/mol. The van der Waals surface area contributed by atoms with Crippen LogP contribution in [0.1, 0.15) is 23.2 Å². The first kappa shape index (κ1) is 12.5. The maximum atomic E-state index is 13.2. The van der Waals surface area contributed by atoms with Gasteiger partial charge >= 0.3 is 0 Å². The van der Waals surface area contributed by atoms with E-state index in [-0.39, 0.29) is 16.5 Å². The van der Waals surface area contributed by atoms with Crippen molar-refractivity contribution < 1.29 is 13.9 Å². The minimum absolute atomic E-state index is 0.0892. The predicted molar refractivity (Wildman–Crippen MR) is 65.4 cm³/mol. The number of ether oxygens (including phenoxy) is 1. The zero-order valence-corrected chi connectivity index (χ0v) is 10.8. The zero-order valence-electron chi connectivity index (χ0n) is 9.21. The van der Waals surface area contributed by atoms with Crippen molar-refractivity contribution in [3.63, 3.8) is 0 Å². The quantitative estimate of drug-likeness (QED) is 0.931. The van der Waals surface area contributed by atoms with Gasteiger partial charge in [-0.05, 0) is 40.9 Å². The minimum Gasteiger partial charge on any atom is -0.376 e. The van der Waals surface area contributed by atoms with Gasteiger partial charge in [-0.1, -0.05) is 6.07 Å². The number of hydrogen-bond donors (Lipinski definition) is 1. The van der Waals surface area contributed by atoms with Crippen LogP contribution in [0.5, 0.6) is 0 Å². The molecular weight excluding hydrogens is 289 g/mol. The topological polar surface area (TPSA) is 38.3 Å². The molecule has 0 bridgehead atoms. The van der Waals surface area contributed by atoms with Crippen LogP contribution < -0.4 is 5.32 Å². The van der Waals surface area contributed by atoms with E-state index < -0.39 is 5.82 Å². The number of amides is 1. The van der Waals surface area contributed by atoms with Crippen LogP contribution in [0.25, 0.3) is 0 Å². The molecule has 1 aliphatic heterocycles. The highest BCUT2D eigenvalue weighted by Gasteiger charge is 2.18. The van der Waals surface area contributed by atoms with Gasteiger partial charge in [0.15, 0.2) is 0 Å². The summed E-state index contributed by atoms with van der Waals surface area (Å²) in [5.41, 5.74) is 0.308. The van der Waals surface area contributed by atoms with E-state index in [9.17, 15) is 9.18 Å². The second-order valence-electron chi connectivity index (χ2n) is 3.95. The number of carbonyl (C=O) groups is 1. The molecule has 1 aromatic carbocycles. The van der Waals surface area contributed by atoms with Gasteiger partial charge < -0.3 is 10.1 Å². The standard InChI is InChI=1S/C12H13BrFNO2/c13-11-9(4-1-5-10(11)14)12(16)15-7-8-3-2-6-17-8/h1,4-5,8H,2-3,6-7H2,(H,15,16). The summed E-state index contributed by atoms with van der Waals surface area (Å²) in [6.07, 6.45) is 2.08. The Morgan fingerprint density at radius 3 is 3.12 bits per heavy atom. The van der Waals surface area contributed by atoms with E-state index in [4.69, 9.17) is 4.74 Å². The SMILES string of the molecule is O=C(NCC1CCCO1)c1cccc(F)c1Br. The third kappa shape index (κ3) is 3.04. The molecule has 1 aromatic rings. The molecule has 1 amide bonds. The molecule has 0 spiro atoms. The van der Waals surface area contributed by atoms with Gasteiger partial charge in [0.05, 0.1) is 16.1 Å². The normalized spacial score (nSPS) is 19.3. The maximum Gasteiger partial charge on any atom is 0.252 e. The lowest BCUT2D eigenvalue weighted by Crippen LogP contribution is -2.32. The summed E-state index contributed by atoms with van der Waals surface area (Å²) in [5.74, 6) is -0.721. The van der Waals surface area contributed by atoms with Gasteiger partial charge in [0, 0.05) is 13.2 Å². The largest absolute Gasteiger partial charge is 0.376 e. The summed E-state index contributed by atoms with van der Waals surface area (Å²) in [5, 5.41) is 2.75. The Hall–Kier alpha value is -0.940. The van der Waals surface area contributed by atoms with Crippen molar-refractivity contribution in [2.24, 2.45) is 0 Å². The highest BCUT2D eigenvalue weighted by atomic mass is 79.9. The third-order valence-corrected chi connectivity index (χ3v) is 3.52. The number of benzene rings is 1. The highest BCUT2D eigenvalue weighted by Crippen LogP contribution is 2.20. The van der Waals surface area contributed by atoms with Crippen molar-refractivity contribution in [2.75, 3.05) is 13.2 Å². The molecule has 1 fully saturated rings. The van der Waals surface area contributed by atoms with Gasteiger partial charge in [0.2, 0.25) is 0 Å². The average Bonchev–Trinajstić information content (AvgIpc) is 2.82. The first-order valence-corrected chi connectivity index (χ1v) is 6.31. The Balaban J connectivity index is 1.97. The molecule has 3 nitrogen and oxygen atoms in total. The molecule has 0 radical (unpaired) electrons. The molecular formula is C12H13BrFNO2. The van der Waals surface area contributed by atoms with Crippen LogP contribution in [0.4, 0.5) is 4.39 Å². The van der Waals surface area contributed by atoms with Crippen LogP contribution in [-0.4, -0.2) is 25.2 Å². The molecule has 1 aliphatic rings. The van der Waals surface area contributed by atoms with Crippen molar-refractivity contribution in [3.05, 3.63) is 34.1 Å². The molecule has 1 unspecified atom stereocenters. The van der Waals surface area contributed by atoms with Crippen LogP contribution in [0.2, 0.25) is 0 Å². The summed E-state index contributed by atoms with van der Waals surface area (Å²) < 4.78 is 18.8. The average molecular weight is 302 g/mol. The lowest BCUT2D eigenvalue weighted by atomic mass is 10.2. The molecule has 1 heterocycles. The predicted octanol–water partition coefficient (Wildman–Crippen LogP) is 2.50. The molecule has 0 aromatic heterocycles. The molecule has 17 heavy (non-hydrogen) atoms. The summed E-state index contributed by atoms with van der Waals surface area (Å²) in [6, 6.07) is 4.40. The fourth-order valence-electron chi connectivity index (χ4n) is 1.79. The van der Waals surface area contributed by atoms with Crippen molar-refractivity contribution in [3.8, 4) is 0 Å². The van der Waals surface area contributed by atoms with E-state index in [1.54, 1.807) is 6.07 Å².